The summed E-state index contributed by atoms with van der Waals surface area (Å²) in [5, 5.41) is 0.390. The Balaban J connectivity index is 2.59. The Morgan fingerprint density at radius 2 is 2.11 bits per heavy atom. The van der Waals surface area contributed by atoms with Crippen LogP contribution < -0.4 is 0 Å². The summed E-state index contributed by atoms with van der Waals surface area (Å²) in [4.78, 5) is 23.4. The molecule has 1 heterocycles. The van der Waals surface area contributed by atoms with Crippen molar-refractivity contribution in [2.45, 2.75) is 6.92 Å². The minimum atomic E-state index is -0.932. The number of aromatic nitrogens is 1. The van der Waals surface area contributed by atoms with Crippen LogP contribution in [0.3, 0.4) is 0 Å². The molecule has 0 aliphatic rings. The predicted octanol–water partition coefficient (Wildman–Crippen LogP) is 2.83. The number of rotatable bonds is 3. The third-order valence-electron chi connectivity index (χ3n) is 2.74. The number of esters is 1. The first kappa shape index (κ1) is 13.7. The fraction of sp³-hybridized carbons (Fsp3) is 0.231. The normalized spacial score (nSPS) is 10.7. The van der Waals surface area contributed by atoms with Crippen molar-refractivity contribution in [2.24, 2.45) is 7.05 Å². The highest BCUT2D eigenvalue weighted by Crippen LogP contribution is 2.27. The molecule has 0 N–H and O–H groups in total. The van der Waals surface area contributed by atoms with E-state index in [-0.39, 0.29) is 12.2 Å². The van der Waals surface area contributed by atoms with Crippen molar-refractivity contribution < 1.29 is 18.7 Å². The number of carbonyl (C=O) groups is 2. The highest BCUT2D eigenvalue weighted by Gasteiger charge is 2.22. The molecule has 19 heavy (non-hydrogen) atoms. The van der Waals surface area contributed by atoms with Gasteiger partial charge in [-0.25, -0.2) is 9.18 Å². The lowest BCUT2D eigenvalue weighted by Crippen LogP contribution is -2.17. The number of ketones is 1. The second-order valence-corrected chi connectivity index (χ2v) is 4.84. The molecule has 100 valence electrons. The average Bonchev–Trinajstić information content (AvgIpc) is 2.67. The first-order valence-corrected chi connectivity index (χ1v) is 6.40. The maximum Gasteiger partial charge on any atom is 0.379 e. The summed E-state index contributed by atoms with van der Waals surface area (Å²) in [6.07, 6.45) is 1.50. The van der Waals surface area contributed by atoms with Gasteiger partial charge < -0.3 is 9.30 Å². The molecule has 2 rings (SSSR count). The summed E-state index contributed by atoms with van der Waals surface area (Å²) in [7, 11) is 1.72. The monoisotopic (exact) mass is 327 g/mol. The van der Waals surface area contributed by atoms with E-state index in [1.165, 1.54) is 12.3 Å². The van der Waals surface area contributed by atoms with Crippen LogP contribution in [0, 0.1) is 5.82 Å². The molecule has 0 bridgehead atoms. The number of ether oxygens (including phenoxy) is 1. The van der Waals surface area contributed by atoms with Gasteiger partial charge in [-0.05, 0) is 35.0 Å². The summed E-state index contributed by atoms with van der Waals surface area (Å²) in [6.45, 7) is 1.74. The van der Waals surface area contributed by atoms with Crippen LogP contribution in [0.1, 0.15) is 17.3 Å². The van der Waals surface area contributed by atoms with Gasteiger partial charge >= 0.3 is 5.97 Å². The highest BCUT2D eigenvalue weighted by molar-refractivity contribution is 9.10. The van der Waals surface area contributed by atoms with Gasteiger partial charge in [-0.1, -0.05) is 0 Å². The Morgan fingerprint density at radius 3 is 2.74 bits per heavy atom. The smallest absolute Gasteiger partial charge is 0.379 e. The number of hydrogen-bond donors (Lipinski definition) is 0. The van der Waals surface area contributed by atoms with Crippen LogP contribution in [-0.4, -0.2) is 22.9 Å². The molecule has 0 amide bonds. The summed E-state index contributed by atoms with van der Waals surface area (Å²) in [6, 6.07) is 2.79. The fourth-order valence-electron chi connectivity index (χ4n) is 1.86. The SMILES string of the molecule is CCOC(=O)C(=O)c1cn(C)c2cc(Br)c(F)cc12. The van der Waals surface area contributed by atoms with Crippen molar-refractivity contribution >= 4 is 38.6 Å². The molecule has 1 aromatic carbocycles. The standard InChI is InChI=1S/C13H11BrFNO3/c1-3-19-13(18)12(17)8-6-16(2)11-5-9(14)10(15)4-7(8)11/h4-6H,3H2,1-2H3. The molecule has 0 aliphatic carbocycles. The third-order valence-corrected chi connectivity index (χ3v) is 3.34. The van der Waals surface area contributed by atoms with Gasteiger partial charge in [0.2, 0.25) is 0 Å². The van der Waals surface area contributed by atoms with Crippen LogP contribution in [-0.2, 0) is 16.6 Å². The molecule has 0 aliphatic heterocycles. The van der Waals surface area contributed by atoms with E-state index < -0.39 is 17.6 Å². The Morgan fingerprint density at radius 1 is 1.42 bits per heavy atom. The molecule has 0 unspecified atom stereocenters. The van der Waals surface area contributed by atoms with Crippen molar-refractivity contribution in [1.82, 2.24) is 4.57 Å². The molecule has 0 spiro atoms. The second-order valence-electron chi connectivity index (χ2n) is 3.99. The molecule has 1 aromatic heterocycles. The lowest BCUT2D eigenvalue weighted by Gasteiger charge is -2.00. The van der Waals surface area contributed by atoms with Gasteiger partial charge in [0.15, 0.2) is 0 Å². The fourth-order valence-corrected chi connectivity index (χ4v) is 2.20. The zero-order chi connectivity index (χ0) is 14.2. The van der Waals surface area contributed by atoms with Crippen molar-refractivity contribution in [3.05, 3.63) is 34.2 Å². The number of hydrogen-bond acceptors (Lipinski definition) is 3. The Labute approximate surface area is 117 Å². The van der Waals surface area contributed by atoms with Gasteiger partial charge in [0.1, 0.15) is 5.82 Å². The lowest BCUT2D eigenvalue weighted by molar-refractivity contribution is -0.137. The van der Waals surface area contributed by atoms with Crippen molar-refractivity contribution in [2.75, 3.05) is 6.61 Å². The van der Waals surface area contributed by atoms with E-state index in [1.807, 2.05) is 0 Å². The lowest BCUT2D eigenvalue weighted by atomic mass is 10.1. The van der Waals surface area contributed by atoms with E-state index in [0.717, 1.165) is 0 Å². The predicted molar refractivity (Wildman–Crippen MR) is 71.5 cm³/mol. The molecule has 0 saturated carbocycles. The van der Waals surface area contributed by atoms with Gasteiger partial charge in [0.05, 0.1) is 16.6 Å². The van der Waals surface area contributed by atoms with Gasteiger partial charge in [0.25, 0.3) is 5.78 Å². The van der Waals surface area contributed by atoms with Crippen LogP contribution in [0.5, 0.6) is 0 Å². The van der Waals surface area contributed by atoms with E-state index in [1.54, 1.807) is 24.6 Å². The molecular weight excluding hydrogens is 317 g/mol. The molecule has 6 heteroatoms. The van der Waals surface area contributed by atoms with E-state index in [0.29, 0.717) is 15.4 Å². The first-order valence-electron chi connectivity index (χ1n) is 5.61. The van der Waals surface area contributed by atoms with Gasteiger partial charge in [-0.3, -0.25) is 4.79 Å². The number of benzene rings is 1. The Hall–Kier alpha value is -1.69. The number of Topliss-reactive ketones (excluding diaryl/α,β-unsaturated/α-hetero) is 1. The molecule has 0 atom stereocenters. The minimum absolute atomic E-state index is 0.120. The van der Waals surface area contributed by atoms with Crippen LogP contribution in [0.4, 0.5) is 4.39 Å². The van der Waals surface area contributed by atoms with E-state index in [2.05, 4.69) is 20.7 Å². The van der Waals surface area contributed by atoms with Crippen molar-refractivity contribution in [1.29, 1.82) is 0 Å². The maximum absolute atomic E-state index is 13.6. The molecular formula is C13H11BrFNO3. The summed E-state index contributed by atoms with van der Waals surface area (Å²) in [5.41, 5.74) is 0.795. The van der Waals surface area contributed by atoms with Crippen LogP contribution in [0.2, 0.25) is 0 Å². The zero-order valence-corrected chi connectivity index (χ0v) is 12.0. The minimum Gasteiger partial charge on any atom is -0.460 e. The van der Waals surface area contributed by atoms with Crippen molar-refractivity contribution in [3.63, 3.8) is 0 Å². The number of halogens is 2. The maximum atomic E-state index is 13.6. The highest BCUT2D eigenvalue weighted by atomic mass is 79.9. The van der Waals surface area contributed by atoms with Crippen molar-refractivity contribution in [3.8, 4) is 0 Å². The molecule has 0 radical (unpaired) electrons. The number of aryl methyl sites for hydroxylation is 1. The van der Waals surface area contributed by atoms with Crippen LogP contribution in [0.25, 0.3) is 10.9 Å². The summed E-state index contributed by atoms with van der Waals surface area (Å²) < 4.78 is 20.2. The Kier molecular flexibility index (Phi) is 3.71. The quantitative estimate of drug-likeness (QED) is 0.495. The Bertz CT molecular complexity index is 678. The van der Waals surface area contributed by atoms with E-state index in [9.17, 15) is 14.0 Å². The average molecular weight is 328 g/mol. The molecule has 0 saturated heterocycles. The van der Waals surface area contributed by atoms with Gasteiger partial charge in [-0.2, -0.15) is 0 Å². The van der Waals surface area contributed by atoms with Crippen LogP contribution in [0.15, 0.2) is 22.8 Å². The van der Waals surface area contributed by atoms with Gasteiger partial charge in [0, 0.05) is 24.1 Å². The van der Waals surface area contributed by atoms with E-state index in [4.69, 9.17) is 0 Å². The molecule has 0 fully saturated rings. The number of carbonyl (C=O) groups excluding carboxylic acids is 2. The third kappa shape index (κ3) is 2.40. The summed E-state index contributed by atoms with van der Waals surface area (Å²) >= 11 is 3.09. The second kappa shape index (κ2) is 5.13. The first-order chi connectivity index (χ1) is 8.95. The largest absolute Gasteiger partial charge is 0.460 e. The molecule has 4 nitrogen and oxygen atoms in total. The topological polar surface area (TPSA) is 48.3 Å². The molecule has 2 aromatic rings. The zero-order valence-electron chi connectivity index (χ0n) is 10.4. The summed E-state index contributed by atoms with van der Waals surface area (Å²) in [5.74, 6) is -2.19. The van der Waals surface area contributed by atoms with Crippen LogP contribution >= 0.6 is 15.9 Å². The van der Waals surface area contributed by atoms with E-state index >= 15 is 0 Å². The number of fused-ring (bicyclic) bond motifs is 1. The number of nitrogens with zero attached hydrogens (tertiary/aromatic N) is 1. The van der Waals surface area contributed by atoms with Gasteiger partial charge in [-0.15, -0.1) is 0 Å².